The number of rotatable bonds is 7. The van der Waals surface area contributed by atoms with Crippen LogP contribution < -0.4 is 9.47 Å². The Morgan fingerprint density at radius 3 is 2.65 bits per heavy atom. The topological polar surface area (TPSA) is 111 Å². The van der Waals surface area contributed by atoms with Crippen molar-refractivity contribution in [1.82, 2.24) is 0 Å². The molecule has 2 aromatic carbocycles. The molecule has 1 N–H and O–H groups in total. The third-order valence-corrected chi connectivity index (χ3v) is 3.61. The summed E-state index contributed by atoms with van der Waals surface area (Å²) < 4.78 is 10.7. The number of aryl methyl sites for hydroxylation is 1. The first-order chi connectivity index (χ1) is 12.3. The van der Waals surface area contributed by atoms with Gasteiger partial charge in [-0.3, -0.25) is 15.1 Å². The number of nitro benzene ring substituents is 1. The van der Waals surface area contributed by atoms with Crippen LogP contribution in [0, 0.1) is 17.0 Å². The number of methoxy groups -OCH3 is 1. The van der Waals surface area contributed by atoms with Crippen LogP contribution in [0.5, 0.6) is 11.5 Å². The van der Waals surface area contributed by atoms with E-state index in [9.17, 15) is 14.9 Å². The number of carbonyl (C=O) groups is 1. The number of para-hydroxylation sites is 1. The maximum atomic E-state index is 11.1. The summed E-state index contributed by atoms with van der Waals surface area (Å²) in [5.74, 6) is -0.472. The van der Waals surface area contributed by atoms with Crippen LogP contribution in [-0.2, 0) is 4.79 Å². The zero-order valence-corrected chi connectivity index (χ0v) is 14.5. The van der Waals surface area contributed by atoms with Crippen LogP contribution in [-0.4, -0.2) is 35.4 Å². The number of ether oxygens (including phenoxy) is 2. The van der Waals surface area contributed by atoms with E-state index in [1.807, 2.05) is 0 Å². The van der Waals surface area contributed by atoms with Crippen LogP contribution in [0.2, 0.25) is 0 Å². The van der Waals surface area contributed by atoms with E-state index >= 15 is 0 Å². The number of non-ortho nitro benzene ring substituents is 1. The molecule has 0 spiro atoms. The lowest BCUT2D eigenvalue weighted by atomic mass is 10.1. The van der Waals surface area contributed by atoms with E-state index in [1.165, 1.54) is 32.4 Å². The number of benzene rings is 2. The first-order valence-electron chi connectivity index (χ1n) is 7.69. The summed E-state index contributed by atoms with van der Waals surface area (Å²) in [6, 6.07) is 9.43. The third-order valence-electron chi connectivity index (χ3n) is 3.61. The quantitative estimate of drug-likeness (QED) is 0.460. The van der Waals surface area contributed by atoms with Gasteiger partial charge in [-0.2, -0.15) is 0 Å². The zero-order valence-electron chi connectivity index (χ0n) is 14.5. The van der Waals surface area contributed by atoms with E-state index in [1.54, 1.807) is 31.2 Å². The van der Waals surface area contributed by atoms with E-state index < -0.39 is 17.0 Å². The van der Waals surface area contributed by atoms with Gasteiger partial charge < -0.3 is 14.6 Å². The Bertz CT molecular complexity index is 863. The molecule has 0 aromatic heterocycles. The van der Waals surface area contributed by atoms with Crippen molar-refractivity contribution in [3.05, 3.63) is 57.6 Å². The van der Waals surface area contributed by atoms with Gasteiger partial charge in [0.15, 0.2) is 17.6 Å². The number of nitrogens with zero attached hydrogens (tertiary/aromatic N) is 2. The molecule has 0 saturated carbocycles. The molecule has 136 valence electrons. The second kappa shape index (κ2) is 8.11. The lowest BCUT2D eigenvalue weighted by Crippen LogP contribution is -2.23. The Kier molecular flexibility index (Phi) is 5.90. The van der Waals surface area contributed by atoms with Crippen molar-refractivity contribution in [1.29, 1.82) is 0 Å². The number of hydrogen-bond acceptors (Lipinski definition) is 6. The fourth-order valence-corrected chi connectivity index (χ4v) is 2.19. The lowest BCUT2D eigenvalue weighted by molar-refractivity contribution is -0.384. The lowest BCUT2D eigenvalue weighted by Gasteiger charge is -2.15. The van der Waals surface area contributed by atoms with E-state index in [-0.39, 0.29) is 11.4 Å². The summed E-state index contributed by atoms with van der Waals surface area (Å²) in [5.41, 5.74) is 1.70. The Hall–Kier alpha value is -3.42. The highest BCUT2D eigenvalue weighted by molar-refractivity contribution is 5.87. The average Bonchev–Trinajstić information content (AvgIpc) is 2.61. The van der Waals surface area contributed by atoms with Crippen molar-refractivity contribution in [2.24, 2.45) is 4.99 Å². The van der Waals surface area contributed by atoms with Gasteiger partial charge in [-0.25, -0.2) is 4.79 Å². The number of aliphatic carboxylic acids is 1. The third kappa shape index (κ3) is 4.35. The van der Waals surface area contributed by atoms with Crippen molar-refractivity contribution in [3.8, 4) is 11.5 Å². The summed E-state index contributed by atoms with van der Waals surface area (Å²) in [7, 11) is 1.45. The molecule has 0 aliphatic carbocycles. The predicted octanol–water partition coefficient (Wildman–Crippen LogP) is 3.51. The largest absolute Gasteiger partial charge is 0.493 e. The monoisotopic (exact) mass is 358 g/mol. The van der Waals surface area contributed by atoms with E-state index in [0.29, 0.717) is 22.6 Å². The van der Waals surface area contributed by atoms with Crippen LogP contribution in [0.3, 0.4) is 0 Å². The fraction of sp³-hybridized carbons (Fsp3) is 0.222. The molecule has 0 bridgehead atoms. The highest BCUT2D eigenvalue weighted by Gasteiger charge is 2.18. The van der Waals surface area contributed by atoms with Gasteiger partial charge in [-0.1, -0.05) is 6.07 Å². The minimum atomic E-state index is -1.11. The van der Waals surface area contributed by atoms with Crippen LogP contribution in [0.1, 0.15) is 18.1 Å². The fourth-order valence-electron chi connectivity index (χ4n) is 2.19. The number of carboxylic acids is 1. The Morgan fingerprint density at radius 2 is 2.08 bits per heavy atom. The van der Waals surface area contributed by atoms with Crippen molar-refractivity contribution in [3.63, 3.8) is 0 Å². The Labute approximate surface area is 149 Å². The molecule has 0 radical (unpaired) electrons. The molecule has 0 heterocycles. The molecular formula is C18H18N2O6. The highest BCUT2D eigenvalue weighted by Crippen LogP contribution is 2.32. The molecule has 0 saturated heterocycles. The molecular weight excluding hydrogens is 340 g/mol. The maximum absolute atomic E-state index is 11.1. The van der Waals surface area contributed by atoms with Crippen molar-refractivity contribution in [2.45, 2.75) is 20.0 Å². The van der Waals surface area contributed by atoms with Crippen molar-refractivity contribution < 1.29 is 24.3 Å². The van der Waals surface area contributed by atoms with E-state index in [0.717, 1.165) is 0 Å². The highest BCUT2D eigenvalue weighted by atomic mass is 16.6. The van der Waals surface area contributed by atoms with Crippen molar-refractivity contribution in [2.75, 3.05) is 7.11 Å². The van der Waals surface area contributed by atoms with Crippen LogP contribution in [0.15, 0.2) is 41.4 Å². The molecule has 1 atom stereocenters. The summed E-state index contributed by atoms with van der Waals surface area (Å²) in [4.78, 5) is 25.7. The number of aliphatic imine (C=N–C) groups is 1. The van der Waals surface area contributed by atoms with Crippen molar-refractivity contribution >= 4 is 23.6 Å². The second-order valence-corrected chi connectivity index (χ2v) is 5.46. The van der Waals surface area contributed by atoms with Gasteiger partial charge in [0.2, 0.25) is 0 Å². The number of hydrogen-bond donors (Lipinski definition) is 1. The van der Waals surface area contributed by atoms with Crippen LogP contribution in [0.4, 0.5) is 11.4 Å². The minimum Gasteiger partial charge on any atom is -0.493 e. The predicted molar refractivity (Wildman–Crippen MR) is 95.8 cm³/mol. The molecule has 8 nitrogen and oxygen atoms in total. The SMILES string of the molecule is COc1cccc(C=Nc2ccc([N+](=O)[O-])cc2C)c1O[C@H](C)C(=O)O. The molecule has 2 rings (SSSR count). The average molecular weight is 358 g/mol. The molecule has 0 amide bonds. The Morgan fingerprint density at radius 1 is 1.35 bits per heavy atom. The first kappa shape index (κ1) is 18.9. The molecule has 26 heavy (non-hydrogen) atoms. The van der Waals surface area contributed by atoms with Gasteiger partial charge in [0, 0.05) is 23.9 Å². The van der Waals surface area contributed by atoms with Gasteiger partial charge in [0.05, 0.1) is 17.7 Å². The van der Waals surface area contributed by atoms with Gasteiger partial charge >= 0.3 is 5.97 Å². The summed E-state index contributed by atoms with van der Waals surface area (Å²) in [5, 5.41) is 19.9. The smallest absolute Gasteiger partial charge is 0.344 e. The molecule has 2 aromatic rings. The van der Waals surface area contributed by atoms with E-state index in [2.05, 4.69) is 4.99 Å². The summed E-state index contributed by atoms with van der Waals surface area (Å²) >= 11 is 0. The standard InChI is InChI=1S/C18H18N2O6/c1-11-9-14(20(23)24)7-8-15(11)19-10-13-5-4-6-16(25-3)17(13)26-12(2)18(21)22/h4-10,12H,1-3H3,(H,21,22)/t12-/m1/s1. The molecule has 0 fully saturated rings. The normalized spacial score (nSPS) is 12.0. The number of nitro groups is 1. The van der Waals surface area contributed by atoms with Gasteiger partial charge in [-0.15, -0.1) is 0 Å². The van der Waals surface area contributed by atoms with Gasteiger partial charge in [0.25, 0.3) is 5.69 Å². The van der Waals surface area contributed by atoms with Gasteiger partial charge in [-0.05, 0) is 37.6 Å². The van der Waals surface area contributed by atoms with Crippen LogP contribution >= 0.6 is 0 Å². The van der Waals surface area contributed by atoms with E-state index in [4.69, 9.17) is 14.6 Å². The zero-order chi connectivity index (χ0) is 19.3. The number of carboxylic acid groups (broad SMARTS) is 1. The minimum absolute atomic E-state index is 0.0119. The molecule has 8 heteroatoms. The van der Waals surface area contributed by atoms with Crippen LogP contribution in [0.25, 0.3) is 0 Å². The maximum Gasteiger partial charge on any atom is 0.344 e. The van der Waals surface area contributed by atoms with Gasteiger partial charge in [0.1, 0.15) is 0 Å². The second-order valence-electron chi connectivity index (χ2n) is 5.46. The molecule has 0 aliphatic rings. The first-order valence-corrected chi connectivity index (χ1v) is 7.69. The molecule has 0 unspecified atom stereocenters. The summed E-state index contributed by atoms with van der Waals surface area (Å²) in [6.45, 7) is 3.13. The molecule has 0 aliphatic heterocycles. The Balaban J connectivity index is 2.38. The summed E-state index contributed by atoms with van der Waals surface area (Å²) in [6.07, 6.45) is 0.431.